The van der Waals surface area contributed by atoms with Crippen LogP contribution in [0.25, 0.3) is 0 Å². The van der Waals surface area contributed by atoms with Crippen molar-refractivity contribution < 1.29 is 34.6 Å². The lowest BCUT2D eigenvalue weighted by Crippen LogP contribution is -2.55. The predicted molar refractivity (Wildman–Crippen MR) is 122 cm³/mol. The summed E-state index contributed by atoms with van der Waals surface area (Å²) in [5.41, 5.74) is 4.48. The van der Waals surface area contributed by atoms with Gasteiger partial charge in [-0.3, -0.25) is 0 Å². The number of ether oxygens (including phenoxy) is 3. The molecule has 2 aromatic carbocycles. The molecule has 2 aliphatic heterocycles. The van der Waals surface area contributed by atoms with Gasteiger partial charge in [-0.1, -0.05) is 48.9 Å². The summed E-state index contributed by atoms with van der Waals surface area (Å²) in [5, 5.41) is 41.4. The van der Waals surface area contributed by atoms with E-state index in [1.165, 1.54) is 5.56 Å². The Kier molecular flexibility index (Phi) is 8.04. The van der Waals surface area contributed by atoms with Crippen LogP contribution in [-0.4, -0.2) is 70.8 Å². The number of aliphatic hydroxyl groups excluding tert-OH is 4. The number of aliphatic hydroxyl groups is 4. The molecule has 0 aliphatic carbocycles. The number of halogens is 1. The Morgan fingerprint density at radius 2 is 1.70 bits per heavy atom. The van der Waals surface area contributed by atoms with E-state index in [1.54, 1.807) is 6.07 Å². The molecule has 0 radical (unpaired) electrons. The van der Waals surface area contributed by atoms with E-state index < -0.39 is 37.1 Å². The highest BCUT2D eigenvalue weighted by molar-refractivity contribution is 6.31. The van der Waals surface area contributed by atoms with Crippen molar-refractivity contribution in [1.82, 2.24) is 0 Å². The smallest absolute Gasteiger partial charge is 0.113 e. The first-order valence-corrected chi connectivity index (χ1v) is 11.7. The molecule has 4 N–H and O–H groups in total. The molecule has 180 valence electrons. The van der Waals surface area contributed by atoms with Gasteiger partial charge in [0.05, 0.1) is 26.4 Å². The average Bonchev–Trinajstić information content (AvgIpc) is 3.64. The molecule has 8 heteroatoms. The van der Waals surface area contributed by atoms with Crippen LogP contribution in [-0.2, 0) is 33.7 Å². The van der Waals surface area contributed by atoms with Crippen molar-refractivity contribution in [3.63, 3.8) is 0 Å². The molecule has 2 aromatic rings. The van der Waals surface area contributed by atoms with Crippen LogP contribution in [0.15, 0.2) is 36.4 Å². The molecule has 2 fully saturated rings. The van der Waals surface area contributed by atoms with Gasteiger partial charge in [0.15, 0.2) is 0 Å². The zero-order chi connectivity index (χ0) is 23.5. The Balaban J connectivity index is 1.65. The maximum absolute atomic E-state index is 10.7. The van der Waals surface area contributed by atoms with Gasteiger partial charge in [0, 0.05) is 5.02 Å². The first-order valence-electron chi connectivity index (χ1n) is 11.3. The molecule has 0 amide bonds. The maximum Gasteiger partial charge on any atom is 0.113 e. The van der Waals surface area contributed by atoms with Crippen molar-refractivity contribution in [2.75, 3.05) is 19.8 Å². The normalized spacial score (nSPS) is 29.3. The third kappa shape index (κ3) is 5.75. The van der Waals surface area contributed by atoms with Crippen LogP contribution in [0, 0.1) is 0 Å². The molecule has 1 unspecified atom stereocenters. The molecule has 2 aliphatic rings. The minimum atomic E-state index is -1.46. The van der Waals surface area contributed by atoms with Gasteiger partial charge in [0.25, 0.3) is 0 Å². The summed E-state index contributed by atoms with van der Waals surface area (Å²) in [5.74, 6) is 0. The van der Waals surface area contributed by atoms with E-state index in [9.17, 15) is 20.4 Å². The van der Waals surface area contributed by atoms with Gasteiger partial charge in [0.1, 0.15) is 36.6 Å². The van der Waals surface area contributed by atoms with Gasteiger partial charge < -0.3 is 34.6 Å². The molecule has 33 heavy (non-hydrogen) atoms. The quantitative estimate of drug-likeness (QED) is 0.407. The molecular formula is C25H31ClO7. The van der Waals surface area contributed by atoms with Gasteiger partial charge in [-0.15, -0.1) is 0 Å². The lowest BCUT2D eigenvalue weighted by Gasteiger charge is -2.41. The second kappa shape index (κ2) is 10.8. The zero-order valence-corrected chi connectivity index (χ0v) is 19.3. The van der Waals surface area contributed by atoms with Crippen molar-refractivity contribution in [2.24, 2.45) is 0 Å². The highest BCUT2D eigenvalue weighted by atomic mass is 35.5. The number of rotatable bonds is 9. The van der Waals surface area contributed by atoms with Gasteiger partial charge >= 0.3 is 0 Å². The molecular weight excluding hydrogens is 448 g/mol. The van der Waals surface area contributed by atoms with Crippen molar-refractivity contribution >= 4 is 11.6 Å². The molecule has 2 saturated heterocycles. The van der Waals surface area contributed by atoms with Crippen molar-refractivity contribution in [3.8, 4) is 0 Å². The topological polar surface area (TPSA) is 112 Å². The summed E-state index contributed by atoms with van der Waals surface area (Å²) in [4.78, 5) is 0. The van der Waals surface area contributed by atoms with Crippen LogP contribution in [0.2, 0.25) is 5.02 Å². The number of aryl methyl sites for hydroxylation is 1. The average molecular weight is 479 g/mol. The Bertz CT molecular complexity index is 929. The first kappa shape index (κ1) is 24.6. The summed E-state index contributed by atoms with van der Waals surface area (Å²) in [6.45, 7) is 2.95. The van der Waals surface area contributed by atoms with E-state index in [4.69, 9.17) is 25.8 Å². The van der Waals surface area contributed by atoms with Crippen LogP contribution in [0.1, 0.15) is 40.8 Å². The highest BCUT2D eigenvalue weighted by Crippen LogP contribution is 2.37. The Morgan fingerprint density at radius 1 is 1.00 bits per heavy atom. The van der Waals surface area contributed by atoms with E-state index in [1.807, 2.05) is 6.07 Å². The van der Waals surface area contributed by atoms with Gasteiger partial charge in [0.2, 0.25) is 0 Å². The molecule has 0 bridgehead atoms. The molecule has 4 rings (SSSR count). The molecule has 2 heterocycles. The van der Waals surface area contributed by atoms with E-state index >= 15 is 0 Å². The van der Waals surface area contributed by atoms with Gasteiger partial charge in [-0.25, -0.2) is 0 Å². The summed E-state index contributed by atoms with van der Waals surface area (Å²) in [6.07, 6.45) is -4.59. The number of epoxide rings is 1. The van der Waals surface area contributed by atoms with Crippen LogP contribution < -0.4 is 0 Å². The predicted octanol–water partition coefficient (Wildman–Crippen LogP) is 1.92. The largest absolute Gasteiger partial charge is 0.394 e. The molecule has 6 atom stereocenters. The summed E-state index contributed by atoms with van der Waals surface area (Å²) < 4.78 is 16.8. The van der Waals surface area contributed by atoms with Crippen molar-refractivity contribution in [1.29, 1.82) is 0 Å². The van der Waals surface area contributed by atoms with Crippen molar-refractivity contribution in [2.45, 2.75) is 63.0 Å². The van der Waals surface area contributed by atoms with E-state index in [0.29, 0.717) is 35.8 Å². The van der Waals surface area contributed by atoms with E-state index in [2.05, 4.69) is 31.2 Å². The highest BCUT2D eigenvalue weighted by Gasteiger charge is 2.44. The first-order chi connectivity index (χ1) is 15.9. The van der Waals surface area contributed by atoms with Crippen LogP contribution in [0.4, 0.5) is 0 Å². The Morgan fingerprint density at radius 3 is 2.33 bits per heavy atom. The SMILES string of the molecule is CCc1ccc(Cc2cc([C@@H]3O[C@H](CO)[C@@H](O)[C@H](O)[C@H]3O)c(COCC3CO3)cc2Cl)cc1. The fourth-order valence-corrected chi connectivity index (χ4v) is 4.39. The van der Waals surface area contributed by atoms with Crippen LogP contribution >= 0.6 is 11.6 Å². The lowest BCUT2D eigenvalue weighted by atomic mass is 9.87. The van der Waals surface area contributed by atoms with Crippen LogP contribution in [0.3, 0.4) is 0 Å². The summed E-state index contributed by atoms with van der Waals surface area (Å²) >= 11 is 6.63. The minimum Gasteiger partial charge on any atom is -0.394 e. The second-order valence-corrected chi connectivity index (χ2v) is 9.12. The van der Waals surface area contributed by atoms with Crippen molar-refractivity contribution in [3.05, 3.63) is 69.2 Å². The lowest BCUT2D eigenvalue weighted by molar-refractivity contribution is -0.232. The third-order valence-electron chi connectivity index (χ3n) is 6.30. The Hall–Kier alpha value is -1.55. The van der Waals surface area contributed by atoms with Gasteiger partial charge in [-0.2, -0.15) is 0 Å². The maximum atomic E-state index is 10.7. The number of hydrogen-bond donors (Lipinski definition) is 4. The molecule has 0 spiro atoms. The number of benzene rings is 2. The second-order valence-electron chi connectivity index (χ2n) is 8.71. The molecule has 0 saturated carbocycles. The zero-order valence-electron chi connectivity index (χ0n) is 18.6. The standard InChI is InChI=1S/C25H31ClO7/c1-2-14-3-5-15(6-4-14)7-16-8-19(17(9-20(16)26)11-31-12-18-13-32-18)25-24(30)23(29)22(28)21(10-27)33-25/h3-6,8-9,18,21-25,27-30H,2,7,10-13H2,1H3/t18?,21-,22-,23+,24-,25+/m1/s1. The van der Waals surface area contributed by atoms with Gasteiger partial charge in [-0.05, 0) is 46.7 Å². The Labute approximate surface area is 198 Å². The minimum absolute atomic E-state index is 0.0987. The van der Waals surface area contributed by atoms with Crippen LogP contribution in [0.5, 0.6) is 0 Å². The fourth-order valence-electron chi connectivity index (χ4n) is 4.14. The molecule has 0 aromatic heterocycles. The van der Waals surface area contributed by atoms with E-state index in [-0.39, 0.29) is 12.7 Å². The summed E-state index contributed by atoms with van der Waals surface area (Å²) in [6, 6.07) is 12.0. The monoisotopic (exact) mass is 478 g/mol. The summed E-state index contributed by atoms with van der Waals surface area (Å²) in [7, 11) is 0. The molecule has 7 nitrogen and oxygen atoms in total. The van der Waals surface area contributed by atoms with E-state index in [0.717, 1.165) is 17.5 Å². The number of hydrogen-bond acceptors (Lipinski definition) is 7. The third-order valence-corrected chi connectivity index (χ3v) is 6.65. The fraction of sp³-hybridized carbons (Fsp3) is 0.520.